The third-order valence-electron chi connectivity index (χ3n) is 7.33. The lowest BCUT2D eigenvalue weighted by atomic mass is 9.65. The molecule has 0 amide bonds. The van der Waals surface area contributed by atoms with Crippen LogP contribution >= 0.6 is 45.7 Å². The molecule has 0 aliphatic carbocycles. The zero-order valence-electron chi connectivity index (χ0n) is 16.4. The van der Waals surface area contributed by atoms with Crippen molar-refractivity contribution in [3.8, 4) is 0 Å². The van der Waals surface area contributed by atoms with Gasteiger partial charge in [-0.25, -0.2) is 6.23 Å². The van der Waals surface area contributed by atoms with E-state index >= 15 is 0 Å². The molecular formula is C19H34I2N4O. The molecule has 0 aromatic heterocycles. The topological polar surface area (TPSA) is 22.2 Å². The summed E-state index contributed by atoms with van der Waals surface area (Å²) in [6, 6.07) is 2.36. The summed E-state index contributed by atoms with van der Waals surface area (Å²) in [6.45, 7) is 12.6. The number of likely N-dealkylation sites (tertiary alicyclic amines) is 2. The van der Waals surface area contributed by atoms with E-state index in [2.05, 4.69) is 82.7 Å². The molecule has 4 saturated heterocycles. The van der Waals surface area contributed by atoms with Crippen molar-refractivity contribution in [3.63, 3.8) is 0 Å². The number of halogens is 2. The molecule has 4 aliphatic heterocycles. The van der Waals surface area contributed by atoms with Crippen LogP contribution < -0.4 is 0 Å². The van der Waals surface area contributed by atoms with E-state index in [1.165, 1.54) is 45.6 Å². The van der Waals surface area contributed by atoms with Gasteiger partial charge < -0.3 is 4.74 Å². The highest BCUT2D eigenvalue weighted by Gasteiger charge is 2.56. The van der Waals surface area contributed by atoms with Crippen molar-refractivity contribution in [2.24, 2.45) is 17.8 Å². The molecule has 6 atom stereocenters. The van der Waals surface area contributed by atoms with Crippen molar-refractivity contribution in [1.82, 2.24) is 16.0 Å². The molecule has 4 rings (SSSR count). The molecule has 4 fully saturated rings. The van der Waals surface area contributed by atoms with Gasteiger partial charge in [0.05, 0.1) is 12.7 Å². The van der Waals surface area contributed by atoms with E-state index in [0.29, 0.717) is 6.10 Å². The largest absolute Gasteiger partial charge is 0.377 e. The zero-order chi connectivity index (χ0) is 18.4. The Morgan fingerprint density at radius 2 is 1.69 bits per heavy atom. The van der Waals surface area contributed by atoms with Crippen LogP contribution in [0.4, 0.5) is 0 Å². The normalized spacial score (nSPS) is 42.7. The van der Waals surface area contributed by atoms with Gasteiger partial charge in [-0.05, 0) is 52.1 Å². The molecule has 0 aromatic rings. The van der Waals surface area contributed by atoms with Crippen LogP contribution in [0.1, 0.15) is 26.7 Å². The Hall–Kier alpha value is 1.26. The number of fused-ring (bicyclic) bond motifs is 2. The lowest BCUT2D eigenvalue weighted by molar-refractivity contribution is -0.113. The van der Waals surface area contributed by atoms with Gasteiger partial charge in [0, 0.05) is 102 Å². The van der Waals surface area contributed by atoms with E-state index in [-0.39, 0.29) is 0 Å². The van der Waals surface area contributed by atoms with E-state index in [1.807, 2.05) is 0 Å². The number of hydrogen-bond donors (Lipinski definition) is 0. The van der Waals surface area contributed by atoms with Gasteiger partial charge in [-0.15, -0.1) is 0 Å². The second kappa shape index (κ2) is 8.55. The third-order valence-corrected chi connectivity index (χ3v) is 8.99. The van der Waals surface area contributed by atoms with Gasteiger partial charge in [0.1, 0.15) is 0 Å². The second-order valence-corrected chi connectivity index (χ2v) is 11.7. The molecule has 0 aromatic carbocycles. The summed E-state index contributed by atoms with van der Waals surface area (Å²) in [4.78, 5) is 5.48. The van der Waals surface area contributed by atoms with Crippen molar-refractivity contribution in [1.29, 1.82) is 0 Å². The molecule has 0 saturated carbocycles. The minimum atomic E-state index is 0.344. The number of nitrogens with zero attached hydrogens (tertiary/aromatic N) is 4. The Kier molecular flexibility index (Phi) is 6.75. The third kappa shape index (κ3) is 3.96. The molecule has 7 heteroatoms. The van der Waals surface area contributed by atoms with Crippen molar-refractivity contribution in [3.05, 3.63) is 0 Å². The van der Waals surface area contributed by atoms with Crippen LogP contribution in [-0.4, -0.2) is 93.2 Å². The van der Waals surface area contributed by atoms with Gasteiger partial charge in [0.15, 0.2) is 0 Å². The Balaban J connectivity index is 1.43. The fraction of sp³-hybridized carbons (Fsp3) is 1.00. The fourth-order valence-corrected chi connectivity index (χ4v) is 7.78. The Morgan fingerprint density at radius 1 is 0.923 bits per heavy atom. The summed E-state index contributed by atoms with van der Waals surface area (Å²) in [5.41, 5.74) is 0. The Labute approximate surface area is 187 Å². The molecular weight excluding hydrogens is 554 g/mol. The van der Waals surface area contributed by atoms with Crippen molar-refractivity contribution in [2.45, 2.75) is 50.9 Å². The Morgan fingerprint density at radius 3 is 2.46 bits per heavy atom. The van der Waals surface area contributed by atoms with Crippen molar-refractivity contribution in [2.75, 3.05) is 52.9 Å². The molecule has 5 nitrogen and oxygen atoms in total. The van der Waals surface area contributed by atoms with Crippen LogP contribution in [0.5, 0.6) is 0 Å². The summed E-state index contributed by atoms with van der Waals surface area (Å²) < 4.78 is 11.0. The van der Waals surface area contributed by atoms with Gasteiger partial charge in [-0.2, -0.15) is 0 Å². The van der Waals surface area contributed by atoms with Crippen LogP contribution in [0.3, 0.4) is 0 Å². The van der Waals surface area contributed by atoms with E-state index in [9.17, 15) is 0 Å². The average Bonchev–Trinajstić information content (AvgIpc) is 2.97. The zero-order valence-corrected chi connectivity index (χ0v) is 20.7. The summed E-state index contributed by atoms with van der Waals surface area (Å²) in [7, 11) is 2.40. The van der Waals surface area contributed by atoms with Crippen LogP contribution in [0.2, 0.25) is 0 Å². The van der Waals surface area contributed by atoms with Gasteiger partial charge >= 0.3 is 0 Å². The van der Waals surface area contributed by atoms with E-state index in [1.54, 1.807) is 0 Å². The summed E-state index contributed by atoms with van der Waals surface area (Å²) in [6.07, 6.45) is 3.09. The lowest BCUT2D eigenvalue weighted by Gasteiger charge is -2.62. The van der Waals surface area contributed by atoms with Gasteiger partial charge in [-0.1, -0.05) is 0 Å². The molecule has 26 heavy (non-hydrogen) atoms. The maximum atomic E-state index is 5.84. The smallest absolute Gasteiger partial charge is 0.0597 e. The van der Waals surface area contributed by atoms with E-state index in [4.69, 9.17) is 4.74 Å². The highest BCUT2D eigenvalue weighted by molar-refractivity contribution is 14.1. The van der Waals surface area contributed by atoms with Gasteiger partial charge in [0.2, 0.25) is 0 Å². The first kappa shape index (κ1) is 20.5. The average molecular weight is 588 g/mol. The van der Waals surface area contributed by atoms with Crippen LogP contribution in [-0.2, 0) is 4.74 Å². The predicted molar refractivity (Wildman–Crippen MR) is 123 cm³/mol. The van der Waals surface area contributed by atoms with E-state index in [0.717, 1.165) is 49.0 Å². The first-order valence-electron chi connectivity index (χ1n) is 10.3. The monoisotopic (exact) mass is 588 g/mol. The summed E-state index contributed by atoms with van der Waals surface area (Å²) >= 11 is 5.13. The number of piperidine rings is 2. The molecule has 150 valence electrons. The highest BCUT2D eigenvalue weighted by Crippen LogP contribution is 2.48. The first-order valence-corrected chi connectivity index (χ1v) is 12.3. The van der Waals surface area contributed by atoms with Crippen LogP contribution in [0.15, 0.2) is 0 Å². The quantitative estimate of drug-likeness (QED) is 0.363. The lowest BCUT2D eigenvalue weighted by Crippen LogP contribution is -2.72. The highest BCUT2D eigenvalue weighted by atomic mass is 127. The maximum absolute atomic E-state index is 5.84. The van der Waals surface area contributed by atoms with Crippen molar-refractivity contribution < 1.29 is 4.74 Å². The standard InChI is InChI=1S/C19H34I2N4O/c1-13(2)26-9-8-23-6-4-14-15(10-25(21)12-18(14)23)19-16-11-24(20)7-5-17(16)22(19)3/h13-19H,4-12H2,1-3H3. The molecule has 6 unspecified atom stereocenters. The Bertz CT molecular complexity index is 496. The molecule has 4 heterocycles. The minimum absolute atomic E-state index is 0.344. The van der Waals surface area contributed by atoms with E-state index < -0.39 is 0 Å². The maximum Gasteiger partial charge on any atom is 0.0597 e. The predicted octanol–water partition coefficient (Wildman–Crippen LogP) is 2.74. The summed E-state index contributed by atoms with van der Waals surface area (Å²) in [5.74, 6) is 2.59. The van der Waals surface area contributed by atoms with Crippen LogP contribution in [0.25, 0.3) is 0 Å². The number of ether oxygens (including phenoxy) is 1. The molecule has 4 aliphatic rings. The second-order valence-electron chi connectivity index (χ2n) is 9.01. The molecule has 0 spiro atoms. The molecule has 0 N–H and O–H groups in total. The van der Waals surface area contributed by atoms with Gasteiger partial charge in [-0.3, -0.25) is 9.80 Å². The SMILES string of the molecule is CC(C)OCCN1CCC2C(C3C4CN(I)CCC4N3C)CN(I)CC21. The van der Waals surface area contributed by atoms with Crippen LogP contribution in [0, 0.1) is 17.8 Å². The molecule has 0 radical (unpaired) electrons. The fourth-order valence-electron chi connectivity index (χ4n) is 6.19. The van der Waals surface area contributed by atoms with Gasteiger partial charge in [0.25, 0.3) is 0 Å². The minimum Gasteiger partial charge on any atom is -0.377 e. The summed E-state index contributed by atoms with van der Waals surface area (Å²) in [5, 5.41) is 0. The number of hydrogen-bond acceptors (Lipinski definition) is 5. The molecule has 0 bridgehead atoms. The number of rotatable bonds is 5. The van der Waals surface area contributed by atoms with Crippen molar-refractivity contribution >= 4 is 45.7 Å². The first-order chi connectivity index (χ1) is 12.5.